The monoisotopic (exact) mass is 724 g/mol. The molecule has 0 spiro atoms. The zero-order valence-electron chi connectivity index (χ0n) is 31.7. The molecule has 10 heteroatoms. The molecule has 1 heterocycles. The largest absolute Gasteiger partial charge is 0.394 e. The van der Waals surface area contributed by atoms with Crippen LogP contribution in [0.15, 0.2) is 48.6 Å². The second kappa shape index (κ2) is 31.6. The van der Waals surface area contributed by atoms with Crippen molar-refractivity contribution in [3.8, 4) is 0 Å². The van der Waals surface area contributed by atoms with Gasteiger partial charge in [0.1, 0.15) is 30.5 Å². The average molecular weight is 724 g/mol. The van der Waals surface area contributed by atoms with Crippen molar-refractivity contribution >= 4 is 5.91 Å². The summed E-state index contributed by atoms with van der Waals surface area (Å²) in [5.41, 5.74) is 0. The van der Waals surface area contributed by atoms with Crippen molar-refractivity contribution in [2.45, 2.75) is 191 Å². The first-order valence-corrected chi connectivity index (χ1v) is 20.0. The smallest absolute Gasteiger partial charge is 0.249 e. The Morgan fingerprint density at radius 2 is 1.18 bits per heavy atom. The van der Waals surface area contributed by atoms with Crippen LogP contribution < -0.4 is 5.32 Å². The maximum atomic E-state index is 12.9. The number of allylic oxidation sites excluding steroid dienone is 7. The Morgan fingerprint density at radius 3 is 1.76 bits per heavy atom. The SMILES string of the molecule is CCCC/C=C\CCCCCC(O)C(=O)NC(COC1OC(CO)C(O)C(O)C1O)C(O)/C=C/CC/C=C/CC/C=C/CCCCCCCCC. The summed E-state index contributed by atoms with van der Waals surface area (Å²) in [4.78, 5) is 12.9. The van der Waals surface area contributed by atoms with Crippen molar-refractivity contribution in [1.82, 2.24) is 5.32 Å². The normalized spacial score (nSPS) is 23.2. The van der Waals surface area contributed by atoms with E-state index in [1.54, 1.807) is 6.08 Å². The lowest BCUT2D eigenvalue weighted by Gasteiger charge is -2.40. The van der Waals surface area contributed by atoms with Crippen LogP contribution in [0.25, 0.3) is 0 Å². The Balaban J connectivity index is 2.55. The first-order chi connectivity index (χ1) is 24.8. The fraction of sp³-hybridized carbons (Fsp3) is 0.780. The van der Waals surface area contributed by atoms with Gasteiger partial charge in [-0.05, 0) is 64.2 Å². The number of aliphatic hydroxyl groups is 6. The summed E-state index contributed by atoms with van der Waals surface area (Å²) in [6.45, 7) is 3.47. The molecule has 8 unspecified atom stereocenters. The van der Waals surface area contributed by atoms with Gasteiger partial charge in [0.2, 0.25) is 5.91 Å². The van der Waals surface area contributed by atoms with E-state index in [-0.39, 0.29) is 13.0 Å². The van der Waals surface area contributed by atoms with Crippen LogP contribution in [0.4, 0.5) is 0 Å². The van der Waals surface area contributed by atoms with Crippen molar-refractivity contribution in [2.75, 3.05) is 13.2 Å². The molecule has 0 radical (unpaired) electrons. The zero-order chi connectivity index (χ0) is 37.5. The van der Waals surface area contributed by atoms with Gasteiger partial charge in [-0.3, -0.25) is 4.79 Å². The molecule has 0 aromatic carbocycles. The Labute approximate surface area is 308 Å². The first-order valence-electron chi connectivity index (χ1n) is 20.0. The minimum atomic E-state index is -1.62. The summed E-state index contributed by atoms with van der Waals surface area (Å²) in [5.74, 6) is -0.649. The van der Waals surface area contributed by atoms with Gasteiger partial charge >= 0.3 is 0 Å². The second-order valence-corrected chi connectivity index (χ2v) is 13.8. The van der Waals surface area contributed by atoms with Gasteiger partial charge in [0.25, 0.3) is 0 Å². The third-order valence-corrected chi connectivity index (χ3v) is 9.21. The number of ether oxygens (including phenoxy) is 2. The van der Waals surface area contributed by atoms with E-state index >= 15 is 0 Å². The van der Waals surface area contributed by atoms with E-state index in [9.17, 15) is 35.4 Å². The number of hydrogen-bond acceptors (Lipinski definition) is 9. The fourth-order valence-electron chi connectivity index (χ4n) is 5.82. The first kappa shape index (κ1) is 47.1. The van der Waals surface area contributed by atoms with Gasteiger partial charge in [0.05, 0.1) is 25.4 Å². The van der Waals surface area contributed by atoms with Crippen molar-refractivity contribution in [2.24, 2.45) is 0 Å². The van der Waals surface area contributed by atoms with E-state index < -0.39 is 61.5 Å². The van der Waals surface area contributed by atoms with Crippen molar-refractivity contribution < 1.29 is 44.9 Å². The maximum absolute atomic E-state index is 12.9. The Kier molecular flexibility index (Phi) is 29.2. The van der Waals surface area contributed by atoms with E-state index in [2.05, 4.69) is 55.6 Å². The fourth-order valence-corrected chi connectivity index (χ4v) is 5.82. The molecule has 0 aliphatic carbocycles. The molecule has 7 N–H and O–H groups in total. The zero-order valence-corrected chi connectivity index (χ0v) is 31.7. The molecule has 0 bridgehead atoms. The summed E-state index contributed by atoms with van der Waals surface area (Å²) < 4.78 is 11.1. The number of carbonyl (C=O) groups is 1. The van der Waals surface area contributed by atoms with Gasteiger partial charge in [-0.2, -0.15) is 0 Å². The molecular weight excluding hydrogens is 650 g/mol. The average Bonchev–Trinajstić information content (AvgIpc) is 3.13. The molecule has 1 aliphatic heterocycles. The molecule has 1 aliphatic rings. The minimum absolute atomic E-state index is 0.277. The molecule has 0 aromatic heterocycles. The number of hydrogen-bond donors (Lipinski definition) is 7. The van der Waals surface area contributed by atoms with Crippen LogP contribution in [-0.4, -0.2) is 98.7 Å². The van der Waals surface area contributed by atoms with Crippen LogP contribution in [0.1, 0.15) is 142 Å². The van der Waals surface area contributed by atoms with E-state index in [1.165, 1.54) is 57.8 Å². The van der Waals surface area contributed by atoms with Gasteiger partial charge in [-0.15, -0.1) is 0 Å². The standard InChI is InChI=1S/C41H73NO9/c1-3-5-7-9-11-13-14-15-16-17-18-19-20-22-23-25-27-29-34(44)33(32-50-41-39(48)38(47)37(46)36(31-43)51-41)42-40(49)35(45)30-28-26-24-21-12-10-8-6-4-2/h10,12,16-17,20,22,27,29,33-39,41,43-48H,3-9,11,13-15,18-19,21,23-26,28,30-32H2,1-2H3,(H,42,49)/b12-10-,17-16+,22-20+,29-27+. The number of unbranched alkanes of at least 4 members (excludes halogenated alkanes) is 14. The molecule has 1 amide bonds. The highest BCUT2D eigenvalue weighted by Gasteiger charge is 2.44. The Bertz CT molecular complexity index is 953. The highest BCUT2D eigenvalue weighted by atomic mass is 16.7. The third-order valence-electron chi connectivity index (χ3n) is 9.21. The molecule has 296 valence electrons. The van der Waals surface area contributed by atoms with Crippen LogP contribution in [0, 0.1) is 0 Å². The van der Waals surface area contributed by atoms with Gasteiger partial charge in [-0.25, -0.2) is 0 Å². The highest BCUT2D eigenvalue weighted by Crippen LogP contribution is 2.22. The minimum Gasteiger partial charge on any atom is -0.394 e. The van der Waals surface area contributed by atoms with Gasteiger partial charge in [0, 0.05) is 0 Å². The van der Waals surface area contributed by atoms with Crippen LogP contribution in [-0.2, 0) is 14.3 Å². The molecule has 0 aromatic rings. The van der Waals surface area contributed by atoms with E-state index in [0.29, 0.717) is 12.8 Å². The van der Waals surface area contributed by atoms with Gasteiger partial charge < -0.3 is 45.4 Å². The predicted molar refractivity (Wildman–Crippen MR) is 204 cm³/mol. The van der Waals surface area contributed by atoms with E-state index in [1.807, 2.05) is 6.08 Å². The Hall–Kier alpha value is -1.89. The number of amides is 1. The number of nitrogens with one attached hydrogen (secondary N) is 1. The Morgan fingerprint density at radius 1 is 0.667 bits per heavy atom. The lowest BCUT2D eigenvalue weighted by Crippen LogP contribution is -2.60. The third kappa shape index (κ3) is 22.7. The number of rotatable bonds is 31. The van der Waals surface area contributed by atoms with E-state index in [0.717, 1.165) is 51.4 Å². The topological polar surface area (TPSA) is 169 Å². The summed E-state index contributed by atoms with van der Waals surface area (Å²) in [5, 5.41) is 64.2. The summed E-state index contributed by atoms with van der Waals surface area (Å²) in [6.07, 6.45) is 27.9. The molecular formula is C41H73NO9. The van der Waals surface area contributed by atoms with Crippen LogP contribution in [0.3, 0.4) is 0 Å². The van der Waals surface area contributed by atoms with Gasteiger partial charge in [0.15, 0.2) is 6.29 Å². The molecule has 1 saturated heterocycles. The molecule has 0 saturated carbocycles. The summed E-state index contributed by atoms with van der Waals surface area (Å²) >= 11 is 0. The molecule has 1 fully saturated rings. The van der Waals surface area contributed by atoms with Crippen LogP contribution in [0.2, 0.25) is 0 Å². The highest BCUT2D eigenvalue weighted by molar-refractivity contribution is 5.80. The van der Waals surface area contributed by atoms with Crippen LogP contribution >= 0.6 is 0 Å². The second-order valence-electron chi connectivity index (χ2n) is 13.8. The van der Waals surface area contributed by atoms with Crippen molar-refractivity contribution in [3.63, 3.8) is 0 Å². The van der Waals surface area contributed by atoms with Crippen molar-refractivity contribution in [3.05, 3.63) is 48.6 Å². The lowest BCUT2D eigenvalue weighted by molar-refractivity contribution is -0.302. The number of aliphatic hydroxyl groups excluding tert-OH is 6. The molecule has 51 heavy (non-hydrogen) atoms. The summed E-state index contributed by atoms with van der Waals surface area (Å²) in [6, 6.07) is -1.01. The molecule has 1 rings (SSSR count). The van der Waals surface area contributed by atoms with Gasteiger partial charge in [-0.1, -0.05) is 127 Å². The lowest BCUT2D eigenvalue weighted by atomic mass is 9.99. The maximum Gasteiger partial charge on any atom is 0.249 e. The molecule has 10 nitrogen and oxygen atoms in total. The summed E-state index contributed by atoms with van der Waals surface area (Å²) in [7, 11) is 0. The quantitative estimate of drug-likeness (QED) is 0.0331. The van der Waals surface area contributed by atoms with Crippen molar-refractivity contribution in [1.29, 1.82) is 0 Å². The number of carbonyl (C=O) groups excluding carboxylic acids is 1. The van der Waals surface area contributed by atoms with Crippen LogP contribution in [0.5, 0.6) is 0 Å². The van der Waals surface area contributed by atoms with E-state index in [4.69, 9.17) is 9.47 Å². The molecule has 8 atom stereocenters. The predicted octanol–water partition coefficient (Wildman–Crippen LogP) is 6.08.